The molecule has 0 unspecified atom stereocenters. The van der Waals surface area contributed by atoms with Gasteiger partial charge in [0, 0.05) is 24.4 Å². The number of aryl methyl sites for hydroxylation is 1. The van der Waals surface area contributed by atoms with Gasteiger partial charge in [-0.3, -0.25) is 9.36 Å². The summed E-state index contributed by atoms with van der Waals surface area (Å²) in [5, 5.41) is 0. The Balaban J connectivity index is 2.22. The summed E-state index contributed by atoms with van der Waals surface area (Å²) < 4.78 is 3.52. The quantitative estimate of drug-likeness (QED) is 0.652. The van der Waals surface area contributed by atoms with Crippen LogP contribution in [0.4, 0.5) is 0 Å². The Morgan fingerprint density at radius 1 is 0.900 bits per heavy atom. The molecule has 2 heterocycles. The van der Waals surface area contributed by atoms with Gasteiger partial charge in [-0.05, 0) is 24.6 Å². The number of pyridine rings is 2. The summed E-state index contributed by atoms with van der Waals surface area (Å²) in [6.45, 7) is 2.00. The number of hydrogen-bond donors (Lipinski definition) is 0. The molecule has 3 heteroatoms. The van der Waals surface area contributed by atoms with Gasteiger partial charge in [-0.15, -0.1) is 0 Å². The molecule has 0 aliphatic heterocycles. The molecule has 0 bridgehead atoms. The van der Waals surface area contributed by atoms with E-state index in [0.29, 0.717) is 5.69 Å². The highest BCUT2D eigenvalue weighted by molar-refractivity contribution is 5.41. The number of rotatable bonds is 2. The normalized spacial score (nSPS) is 10.4. The van der Waals surface area contributed by atoms with Crippen molar-refractivity contribution in [1.82, 2.24) is 4.57 Å². The van der Waals surface area contributed by atoms with E-state index in [1.807, 2.05) is 78.5 Å². The molecule has 0 fully saturated rings. The fourth-order valence-corrected chi connectivity index (χ4v) is 2.26. The van der Waals surface area contributed by atoms with E-state index in [4.69, 9.17) is 0 Å². The summed E-state index contributed by atoms with van der Waals surface area (Å²) in [5.74, 6) is 0. The van der Waals surface area contributed by atoms with Gasteiger partial charge in [0.15, 0.2) is 12.4 Å². The first-order valence-corrected chi connectivity index (χ1v) is 6.52. The van der Waals surface area contributed by atoms with Crippen molar-refractivity contribution in [2.75, 3.05) is 0 Å². The minimum atomic E-state index is -0.0296. The van der Waals surface area contributed by atoms with E-state index in [1.54, 1.807) is 10.8 Å². The Labute approximate surface area is 117 Å². The predicted molar refractivity (Wildman–Crippen MR) is 78.3 cm³/mol. The lowest BCUT2D eigenvalue weighted by Gasteiger charge is -2.08. The number of nitrogens with zero attached hydrogens (tertiary/aromatic N) is 2. The summed E-state index contributed by atoms with van der Waals surface area (Å²) in [6, 6.07) is 17.3. The van der Waals surface area contributed by atoms with E-state index < -0.39 is 0 Å². The lowest BCUT2D eigenvalue weighted by Crippen LogP contribution is -2.38. The van der Waals surface area contributed by atoms with Crippen LogP contribution in [-0.4, -0.2) is 4.57 Å². The lowest BCUT2D eigenvalue weighted by atomic mass is 10.2. The third-order valence-corrected chi connectivity index (χ3v) is 3.30. The summed E-state index contributed by atoms with van der Waals surface area (Å²) in [4.78, 5) is 12.7. The number of hydrogen-bond acceptors (Lipinski definition) is 1. The average molecular weight is 263 g/mol. The number of aromatic nitrogens is 2. The van der Waals surface area contributed by atoms with Gasteiger partial charge in [0.05, 0.1) is 5.69 Å². The van der Waals surface area contributed by atoms with Gasteiger partial charge in [-0.25, -0.2) is 0 Å². The molecule has 0 aliphatic carbocycles. The van der Waals surface area contributed by atoms with Crippen molar-refractivity contribution in [3.05, 3.63) is 89.1 Å². The fraction of sp³-hybridized carbons (Fsp3) is 0.0588. The molecule has 0 N–H and O–H groups in total. The van der Waals surface area contributed by atoms with Crippen LogP contribution in [0.2, 0.25) is 0 Å². The number of benzene rings is 1. The van der Waals surface area contributed by atoms with Crippen molar-refractivity contribution in [2.45, 2.75) is 6.92 Å². The third-order valence-electron chi connectivity index (χ3n) is 3.30. The van der Waals surface area contributed by atoms with Crippen molar-refractivity contribution < 1.29 is 4.57 Å². The molecule has 0 amide bonds. The molecule has 0 saturated heterocycles. The minimum absolute atomic E-state index is 0.0296. The molecule has 20 heavy (non-hydrogen) atoms. The molecule has 3 aromatic rings. The highest BCUT2D eigenvalue weighted by atomic mass is 16.1. The second kappa shape index (κ2) is 5.13. The minimum Gasteiger partial charge on any atom is -0.278 e. The fourth-order valence-electron chi connectivity index (χ4n) is 2.26. The van der Waals surface area contributed by atoms with Crippen LogP contribution < -0.4 is 10.1 Å². The Kier molecular flexibility index (Phi) is 3.17. The highest BCUT2D eigenvalue weighted by Crippen LogP contribution is 2.11. The zero-order chi connectivity index (χ0) is 13.9. The second-order valence-electron chi connectivity index (χ2n) is 4.64. The van der Waals surface area contributed by atoms with Crippen LogP contribution in [0.3, 0.4) is 0 Å². The van der Waals surface area contributed by atoms with Gasteiger partial charge < -0.3 is 0 Å². The topological polar surface area (TPSA) is 25.9 Å². The van der Waals surface area contributed by atoms with Gasteiger partial charge in [0.1, 0.15) is 0 Å². The summed E-state index contributed by atoms with van der Waals surface area (Å²) in [5.41, 5.74) is 2.59. The van der Waals surface area contributed by atoms with Crippen molar-refractivity contribution in [3.63, 3.8) is 0 Å². The van der Waals surface area contributed by atoms with E-state index in [1.165, 1.54) is 0 Å². The van der Waals surface area contributed by atoms with Crippen molar-refractivity contribution in [2.24, 2.45) is 0 Å². The van der Waals surface area contributed by atoms with Gasteiger partial charge in [0.2, 0.25) is 0 Å². The summed E-state index contributed by atoms with van der Waals surface area (Å²) >= 11 is 0. The van der Waals surface area contributed by atoms with Crippen LogP contribution in [0.5, 0.6) is 0 Å². The first-order chi connectivity index (χ1) is 9.77. The van der Waals surface area contributed by atoms with Gasteiger partial charge >= 0.3 is 5.56 Å². The average Bonchev–Trinajstić information content (AvgIpc) is 2.49. The van der Waals surface area contributed by atoms with E-state index >= 15 is 0 Å². The van der Waals surface area contributed by atoms with E-state index in [0.717, 1.165) is 11.3 Å². The smallest absolute Gasteiger partial charge is 0.278 e. The first-order valence-electron chi connectivity index (χ1n) is 6.52. The molecule has 0 saturated carbocycles. The lowest BCUT2D eigenvalue weighted by molar-refractivity contribution is -0.597. The first kappa shape index (κ1) is 12.4. The molecule has 3 rings (SSSR count). The van der Waals surface area contributed by atoms with Crippen molar-refractivity contribution >= 4 is 0 Å². The van der Waals surface area contributed by atoms with E-state index in [2.05, 4.69) is 0 Å². The largest absolute Gasteiger partial charge is 0.327 e. The highest BCUT2D eigenvalue weighted by Gasteiger charge is 2.13. The summed E-state index contributed by atoms with van der Waals surface area (Å²) in [6.07, 6.45) is 5.55. The van der Waals surface area contributed by atoms with Crippen LogP contribution in [0.1, 0.15) is 5.56 Å². The molecular formula is C17H15N2O+. The molecule has 0 aliphatic rings. The van der Waals surface area contributed by atoms with Crippen LogP contribution >= 0.6 is 0 Å². The van der Waals surface area contributed by atoms with E-state index in [-0.39, 0.29) is 5.56 Å². The SMILES string of the molecule is Cc1ccccc1-n1cccc(-[n+]2ccccc2)c1=O. The molecule has 2 aromatic heterocycles. The van der Waals surface area contributed by atoms with Gasteiger partial charge in [0.25, 0.3) is 5.69 Å². The number of para-hydroxylation sites is 1. The Morgan fingerprint density at radius 3 is 2.40 bits per heavy atom. The Bertz CT molecular complexity index is 791. The molecule has 1 aromatic carbocycles. The monoisotopic (exact) mass is 263 g/mol. The second-order valence-corrected chi connectivity index (χ2v) is 4.64. The molecule has 0 radical (unpaired) electrons. The summed E-state index contributed by atoms with van der Waals surface area (Å²) in [7, 11) is 0. The predicted octanol–water partition coefficient (Wildman–Crippen LogP) is 2.42. The maximum absolute atomic E-state index is 12.7. The van der Waals surface area contributed by atoms with Crippen molar-refractivity contribution in [3.8, 4) is 11.4 Å². The molecule has 0 atom stereocenters. The zero-order valence-electron chi connectivity index (χ0n) is 11.2. The maximum atomic E-state index is 12.7. The molecule has 3 nitrogen and oxygen atoms in total. The Hall–Kier alpha value is -2.68. The van der Waals surface area contributed by atoms with E-state index in [9.17, 15) is 4.79 Å². The molecular weight excluding hydrogens is 248 g/mol. The van der Waals surface area contributed by atoms with Crippen LogP contribution in [-0.2, 0) is 0 Å². The van der Waals surface area contributed by atoms with Crippen LogP contribution in [0.15, 0.2) is 78.0 Å². The van der Waals surface area contributed by atoms with Gasteiger partial charge in [-0.1, -0.05) is 24.3 Å². The molecule has 98 valence electrons. The van der Waals surface area contributed by atoms with Crippen LogP contribution in [0, 0.1) is 6.92 Å². The molecule has 0 spiro atoms. The van der Waals surface area contributed by atoms with Crippen molar-refractivity contribution in [1.29, 1.82) is 0 Å². The van der Waals surface area contributed by atoms with Gasteiger partial charge in [-0.2, -0.15) is 4.57 Å². The maximum Gasteiger partial charge on any atom is 0.327 e. The standard InChI is InChI=1S/C17H15N2O/c1-14-8-3-4-9-15(14)19-13-7-10-16(17(19)20)18-11-5-2-6-12-18/h2-13H,1H3/q+1. The third kappa shape index (κ3) is 2.14. The zero-order valence-corrected chi connectivity index (χ0v) is 11.2. The van der Waals surface area contributed by atoms with Crippen LogP contribution in [0.25, 0.3) is 11.4 Å². The Morgan fingerprint density at radius 2 is 1.65 bits per heavy atom.